The van der Waals surface area contributed by atoms with Crippen LogP contribution in [0, 0.1) is 5.82 Å². The van der Waals surface area contributed by atoms with Gasteiger partial charge in [-0.15, -0.1) is 0 Å². The second-order valence-corrected chi connectivity index (χ2v) is 5.11. The molecule has 0 atom stereocenters. The van der Waals surface area contributed by atoms with E-state index in [2.05, 4.69) is 0 Å². The summed E-state index contributed by atoms with van der Waals surface area (Å²) in [4.78, 5) is -1.15. The molecule has 2 nitrogen and oxygen atoms in total. The first kappa shape index (κ1) is 12.3. The van der Waals surface area contributed by atoms with Gasteiger partial charge in [0.15, 0.2) is 0 Å². The lowest BCUT2D eigenvalue weighted by Crippen LogP contribution is -2.11. The van der Waals surface area contributed by atoms with Crippen LogP contribution in [0.25, 0.3) is 0 Å². The molecule has 0 aromatic heterocycles. The first-order valence-electron chi connectivity index (χ1n) is 3.44. The minimum Gasteiger partial charge on any atom is -0.207 e. The van der Waals surface area contributed by atoms with Crippen LogP contribution in [-0.2, 0) is 15.2 Å². The molecule has 0 saturated carbocycles. The molecule has 0 unspecified atom stereocenters. The first-order chi connectivity index (χ1) is 6.62. The van der Waals surface area contributed by atoms with E-state index in [0.29, 0.717) is 12.1 Å². The van der Waals surface area contributed by atoms with E-state index in [9.17, 15) is 26.0 Å². The number of hydrogen-bond acceptors (Lipinski definition) is 2. The summed E-state index contributed by atoms with van der Waals surface area (Å²) >= 11 is 0. The van der Waals surface area contributed by atoms with Crippen molar-refractivity contribution in [2.24, 2.45) is 0 Å². The molecule has 0 saturated heterocycles. The van der Waals surface area contributed by atoms with Crippen molar-refractivity contribution in [1.29, 1.82) is 0 Å². The van der Waals surface area contributed by atoms with Crippen LogP contribution < -0.4 is 0 Å². The van der Waals surface area contributed by atoms with Crippen molar-refractivity contribution in [3.05, 3.63) is 29.6 Å². The van der Waals surface area contributed by atoms with E-state index in [1.54, 1.807) is 0 Å². The predicted octanol–water partition coefficient (Wildman–Crippen LogP) is 2.77. The Labute approximate surface area is 86.9 Å². The molecule has 0 aliphatic rings. The van der Waals surface area contributed by atoms with E-state index in [1.165, 1.54) is 0 Å². The maximum atomic E-state index is 12.5. The van der Waals surface area contributed by atoms with Crippen LogP contribution in [0.2, 0.25) is 0 Å². The SMILES string of the molecule is O=S(=O)(Cl)c1ccc(F)cc1C(F)(F)F. The molecule has 0 N–H and O–H groups in total. The highest BCUT2D eigenvalue weighted by Gasteiger charge is 2.37. The molecule has 1 rings (SSSR count). The predicted molar refractivity (Wildman–Crippen MR) is 44.4 cm³/mol. The summed E-state index contributed by atoms with van der Waals surface area (Å²) in [5, 5.41) is 0. The third-order valence-corrected chi connectivity index (χ3v) is 2.89. The lowest BCUT2D eigenvalue weighted by molar-refractivity contribution is -0.140. The van der Waals surface area contributed by atoms with Crippen molar-refractivity contribution < 1.29 is 26.0 Å². The van der Waals surface area contributed by atoms with Crippen LogP contribution >= 0.6 is 10.7 Å². The summed E-state index contributed by atoms with van der Waals surface area (Å²) < 4.78 is 70.8. The number of rotatable bonds is 1. The maximum absolute atomic E-state index is 12.5. The third kappa shape index (κ3) is 2.82. The van der Waals surface area contributed by atoms with Crippen LogP contribution in [0.3, 0.4) is 0 Å². The fourth-order valence-corrected chi connectivity index (χ4v) is 2.01. The van der Waals surface area contributed by atoms with Crippen LogP contribution in [0.5, 0.6) is 0 Å². The summed E-state index contributed by atoms with van der Waals surface area (Å²) in [6.07, 6.45) is -4.97. The third-order valence-electron chi connectivity index (χ3n) is 1.51. The molecule has 0 radical (unpaired) electrons. The zero-order valence-electron chi connectivity index (χ0n) is 6.85. The van der Waals surface area contributed by atoms with Crippen LogP contribution in [0.1, 0.15) is 5.56 Å². The van der Waals surface area contributed by atoms with E-state index in [4.69, 9.17) is 10.7 Å². The van der Waals surface area contributed by atoms with Gasteiger partial charge in [-0.3, -0.25) is 0 Å². The number of alkyl halides is 3. The molecule has 8 heteroatoms. The van der Waals surface area contributed by atoms with E-state index in [-0.39, 0.29) is 6.07 Å². The summed E-state index contributed by atoms with van der Waals surface area (Å²) in [5.41, 5.74) is -1.61. The van der Waals surface area contributed by atoms with Crippen molar-refractivity contribution in [3.8, 4) is 0 Å². The molecule has 0 aliphatic heterocycles. The minimum absolute atomic E-state index is 0.0786. The first-order valence-corrected chi connectivity index (χ1v) is 5.75. The molecule has 84 valence electrons. The normalized spacial score (nSPS) is 12.9. The van der Waals surface area contributed by atoms with Gasteiger partial charge < -0.3 is 0 Å². The van der Waals surface area contributed by atoms with Crippen molar-refractivity contribution in [2.45, 2.75) is 11.1 Å². The molecule has 0 amide bonds. The number of benzene rings is 1. The van der Waals surface area contributed by atoms with Crippen LogP contribution in [0.15, 0.2) is 23.1 Å². The molecule has 15 heavy (non-hydrogen) atoms. The van der Waals surface area contributed by atoms with E-state index in [0.717, 1.165) is 0 Å². The van der Waals surface area contributed by atoms with Gasteiger partial charge in [-0.1, -0.05) is 0 Å². The summed E-state index contributed by atoms with van der Waals surface area (Å²) in [7, 11) is 0.224. The monoisotopic (exact) mass is 262 g/mol. The molecule has 0 aliphatic carbocycles. The van der Waals surface area contributed by atoms with Crippen LogP contribution in [0.4, 0.5) is 17.6 Å². The zero-order valence-corrected chi connectivity index (χ0v) is 8.42. The Hall–Kier alpha value is -0.820. The Balaban J connectivity index is 3.55. The molecule has 1 aromatic carbocycles. The van der Waals surface area contributed by atoms with Gasteiger partial charge in [-0.2, -0.15) is 13.2 Å². The zero-order chi connectivity index (χ0) is 11.9. The highest BCUT2D eigenvalue weighted by atomic mass is 35.7. The van der Waals surface area contributed by atoms with Crippen molar-refractivity contribution in [2.75, 3.05) is 0 Å². The fourth-order valence-electron chi connectivity index (χ4n) is 0.936. The van der Waals surface area contributed by atoms with E-state index < -0.39 is 31.5 Å². The fraction of sp³-hybridized carbons (Fsp3) is 0.143. The molecule has 0 heterocycles. The van der Waals surface area contributed by atoms with Gasteiger partial charge in [0, 0.05) is 10.7 Å². The number of halogens is 5. The van der Waals surface area contributed by atoms with Crippen molar-refractivity contribution in [1.82, 2.24) is 0 Å². The van der Waals surface area contributed by atoms with Gasteiger partial charge >= 0.3 is 6.18 Å². The Morgan fingerprint density at radius 3 is 2.13 bits per heavy atom. The maximum Gasteiger partial charge on any atom is 0.417 e. The summed E-state index contributed by atoms with van der Waals surface area (Å²) in [6.45, 7) is 0. The van der Waals surface area contributed by atoms with Gasteiger partial charge in [-0.25, -0.2) is 12.8 Å². The largest absolute Gasteiger partial charge is 0.417 e. The summed E-state index contributed by atoms with van der Waals surface area (Å²) in [5.74, 6) is -1.19. The average molecular weight is 263 g/mol. The lowest BCUT2D eigenvalue weighted by atomic mass is 10.2. The van der Waals surface area contributed by atoms with Gasteiger partial charge in [0.2, 0.25) is 0 Å². The Bertz CT molecular complexity index is 480. The Morgan fingerprint density at radius 1 is 1.20 bits per heavy atom. The molecule has 0 fully saturated rings. The Morgan fingerprint density at radius 2 is 1.73 bits per heavy atom. The number of hydrogen-bond donors (Lipinski definition) is 0. The standard InChI is InChI=1S/C7H3ClF4O2S/c8-15(13,14)6-2-1-4(9)3-5(6)7(10,11)12/h1-3H. The van der Waals surface area contributed by atoms with E-state index >= 15 is 0 Å². The van der Waals surface area contributed by atoms with Gasteiger partial charge in [0.1, 0.15) is 5.82 Å². The lowest BCUT2D eigenvalue weighted by Gasteiger charge is -2.10. The second-order valence-electron chi connectivity index (χ2n) is 2.58. The van der Waals surface area contributed by atoms with E-state index in [1.807, 2.05) is 0 Å². The second kappa shape index (κ2) is 3.64. The smallest absolute Gasteiger partial charge is 0.207 e. The quantitative estimate of drug-likeness (QED) is 0.576. The topological polar surface area (TPSA) is 34.1 Å². The van der Waals surface area contributed by atoms with Crippen molar-refractivity contribution >= 4 is 19.7 Å². The van der Waals surface area contributed by atoms with Crippen LogP contribution in [-0.4, -0.2) is 8.42 Å². The van der Waals surface area contributed by atoms with Gasteiger partial charge in [-0.05, 0) is 18.2 Å². The highest BCUT2D eigenvalue weighted by Crippen LogP contribution is 2.35. The minimum atomic E-state index is -4.97. The average Bonchev–Trinajstić information content (AvgIpc) is 2.00. The molecule has 1 aromatic rings. The molecular formula is C7H3ClF4O2S. The van der Waals surface area contributed by atoms with Gasteiger partial charge in [0.25, 0.3) is 9.05 Å². The summed E-state index contributed by atoms with van der Waals surface area (Å²) in [6, 6.07) is 1.14. The highest BCUT2D eigenvalue weighted by molar-refractivity contribution is 8.13. The van der Waals surface area contributed by atoms with Gasteiger partial charge in [0.05, 0.1) is 10.5 Å². The molecular weight excluding hydrogens is 260 g/mol. The Kier molecular flexibility index (Phi) is 2.97. The molecule has 0 spiro atoms. The van der Waals surface area contributed by atoms with Crippen molar-refractivity contribution in [3.63, 3.8) is 0 Å². The molecule has 0 bridgehead atoms.